The summed E-state index contributed by atoms with van der Waals surface area (Å²) in [7, 11) is -2.38. The van der Waals surface area contributed by atoms with Crippen LogP contribution in [0.4, 0.5) is 0 Å². The number of hydrogen-bond donors (Lipinski definition) is 8. The summed E-state index contributed by atoms with van der Waals surface area (Å²) >= 11 is 0. The third-order valence-electron chi connectivity index (χ3n) is 1.83. The summed E-state index contributed by atoms with van der Waals surface area (Å²) in [6.45, 7) is -0.871. The second-order valence-electron chi connectivity index (χ2n) is 3.07. The Morgan fingerprint density at radius 3 is 1.71 bits per heavy atom. The van der Waals surface area contributed by atoms with E-state index in [2.05, 4.69) is 4.65 Å². The summed E-state index contributed by atoms with van der Waals surface area (Å²) in [5, 5.41) is 70.3. The van der Waals surface area contributed by atoms with E-state index < -0.39 is 44.6 Å². The van der Waals surface area contributed by atoms with Crippen molar-refractivity contribution in [1.29, 1.82) is 0 Å². The molecule has 98 valence electrons. The molecule has 0 saturated carbocycles. The minimum absolute atomic E-state index is 0. The van der Waals surface area contributed by atoms with Gasteiger partial charge in [0.1, 0.15) is 24.4 Å². The maximum absolute atomic E-state index is 9.20. The molecule has 17 heavy (non-hydrogen) atoms. The van der Waals surface area contributed by atoms with Gasteiger partial charge in [0.05, 0.1) is 6.61 Å². The fraction of sp³-hybridized carbons (Fsp3) is 1.00. The van der Waals surface area contributed by atoms with E-state index in [-0.39, 0.29) is 29.6 Å². The Morgan fingerprint density at radius 1 is 0.882 bits per heavy atom. The average molecular weight is 266 g/mol. The maximum atomic E-state index is 9.20. The Morgan fingerprint density at radius 2 is 1.35 bits per heavy atom. The van der Waals surface area contributed by atoms with Gasteiger partial charge < -0.3 is 45.3 Å². The summed E-state index contributed by atoms with van der Waals surface area (Å²) in [6, 6.07) is 0. The van der Waals surface area contributed by atoms with Crippen molar-refractivity contribution in [1.82, 2.24) is 0 Å². The zero-order valence-electron chi connectivity index (χ0n) is 8.16. The molecule has 0 saturated heterocycles. The Kier molecular flexibility index (Phi) is 11.3. The van der Waals surface area contributed by atoms with E-state index in [0.717, 1.165) is 0 Å². The van der Waals surface area contributed by atoms with E-state index in [4.69, 9.17) is 35.6 Å². The summed E-state index contributed by atoms with van der Waals surface area (Å²) in [5.41, 5.74) is 0. The van der Waals surface area contributed by atoms with E-state index in [9.17, 15) is 5.11 Å². The molecule has 0 aliphatic carbocycles. The molecule has 8 N–H and O–H groups in total. The van der Waals surface area contributed by atoms with Gasteiger partial charge in [-0.3, -0.25) is 0 Å². The molecule has 0 spiro atoms. The van der Waals surface area contributed by atoms with E-state index in [1.54, 1.807) is 0 Å². The van der Waals surface area contributed by atoms with Crippen molar-refractivity contribution in [2.45, 2.75) is 30.7 Å². The molecular formula is C6H16BNaO9. The van der Waals surface area contributed by atoms with Gasteiger partial charge in [-0.1, -0.05) is 0 Å². The van der Waals surface area contributed by atoms with Crippen molar-refractivity contribution >= 4 is 36.9 Å². The molecule has 0 amide bonds. The number of hydrogen-bond acceptors (Lipinski definition) is 9. The molecule has 5 atom stereocenters. The second-order valence-corrected chi connectivity index (χ2v) is 3.07. The van der Waals surface area contributed by atoms with Crippen LogP contribution >= 0.6 is 0 Å². The molecule has 0 aliphatic rings. The second kappa shape index (κ2) is 9.61. The van der Waals surface area contributed by atoms with Crippen LogP contribution in [-0.4, -0.2) is 115 Å². The summed E-state index contributed by atoms with van der Waals surface area (Å²) < 4.78 is 3.90. The van der Waals surface area contributed by atoms with E-state index in [1.165, 1.54) is 0 Å². The minimum atomic E-state index is -2.38. The van der Waals surface area contributed by atoms with Gasteiger partial charge >= 0.3 is 36.9 Å². The van der Waals surface area contributed by atoms with Crippen molar-refractivity contribution in [3.8, 4) is 0 Å². The molecule has 0 bridgehead atoms. The first kappa shape index (κ1) is 20.0. The van der Waals surface area contributed by atoms with Crippen molar-refractivity contribution in [2.24, 2.45) is 0 Å². The summed E-state index contributed by atoms with van der Waals surface area (Å²) in [5.74, 6) is 0. The van der Waals surface area contributed by atoms with E-state index >= 15 is 0 Å². The van der Waals surface area contributed by atoms with Crippen LogP contribution in [0.3, 0.4) is 0 Å². The van der Waals surface area contributed by atoms with Gasteiger partial charge in [0.25, 0.3) is 0 Å². The van der Waals surface area contributed by atoms with Gasteiger partial charge in [-0.05, 0) is 0 Å². The predicted molar refractivity (Wildman–Crippen MR) is 55.5 cm³/mol. The molecule has 0 rings (SSSR count). The van der Waals surface area contributed by atoms with E-state index in [0.29, 0.717) is 0 Å². The van der Waals surface area contributed by atoms with Gasteiger partial charge in [-0.2, -0.15) is 0 Å². The Hall–Kier alpha value is 0.705. The monoisotopic (exact) mass is 266 g/mol. The average Bonchev–Trinajstić information content (AvgIpc) is 2.23. The van der Waals surface area contributed by atoms with Crippen LogP contribution in [0.25, 0.3) is 0 Å². The first-order valence-corrected chi connectivity index (χ1v) is 4.34. The van der Waals surface area contributed by atoms with Crippen LogP contribution < -0.4 is 0 Å². The molecule has 9 nitrogen and oxygen atoms in total. The summed E-state index contributed by atoms with van der Waals surface area (Å²) in [6.07, 6.45) is -9.99. The van der Waals surface area contributed by atoms with Crippen LogP contribution in [0.2, 0.25) is 0 Å². The normalized spacial score (nSPS) is 19.8. The zero-order valence-corrected chi connectivity index (χ0v) is 8.16. The van der Waals surface area contributed by atoms with Crippen LogP contribution in [-0.2, 0) is 4.65 Å². The standard InChI is InChI=1S/C6H15BO9.Na.H/c8-1-2(9)3(10)4(11)5(12)6(13)16-7(14)15;;/h2-6,8-15H,1H2;;/t2-,3-,4+,5-,6?;;/m1../s1. The number of aliphatic hydroxyl groups is 6. The first-order valence-electron chi connectivity index (χ1n) is 4.34. The first-order chi connectivity index (χ1) is 7.31. The van der Waals surface area contributed by atoms with Crippen LogP contribution in [0, 0.1) is 0 Å². The molecule has 0 heterocycles. The molecule has 0 aliphatic heterocycles. The van der Waals surface area contributed by atoms with Crippen molar-refractivity contribution in [3.05, 3.63) is 0 Å². The Balaban J connectivity index is 0. The third-order valence-corrected chi connectivity index (χ3v) is 1.83. The van der Waals surface area contributed by atoms with Crippen LogP contribution in [0.15, 0.2) is 0 Å². The molecular weight excluding hydrogens is 250 g/mol. The van der Waals surface area contributed by atoms with Crippen molar-refractivity contribution < 1.29 is 45.3 Å². The fourth-order valence-electron chi connectivity index (χ4n) is 0.912. The Bertz CT molecular complexity index is 196. The summed E-state index contributed by atoms with van der Waals surface area (Å²) in [4.78, 5) is 0. The molecule has 11 heteroatoms. The molecule has 0 aromatic heterocycles. The number of aliphatic hydroxyl groups excluding tert-OH is 6. The molecule has 0 aromatic rings. The van der Waals surface area contributed by atoms with Gasteiger partial charge in [-0.25, -0.2) is 0 Å². The Labute approximate surface area is 119 Å². The van der Waals surface area contributed by atoms with E-state index in [1.807, 2.05) is 0 Å². The molecule has 0 aromatic carbocycles. The van der Waals surface area contributed by atoms with Crippen LogP contribution in [0.5, 0.6) is 0 Å². The predicted octanol–water partition coefficient (Wildman–Crippen LogP) is -5.92. The SMILES string of the molecule is OC[C@@H](O)[C@@H](O)[C@H](O)[C@@H](O)C(O)OB(O)O.[NaH]. The molecule has 0 fully saturated rings. The van der Waals surface area contributed by atoms with Gasteiger partial charge in [0.15, 0.2) is 6.29 Å². The van der Waals surface area contributed by atoms with Crippen molar-refractivity contribution in [3.63, 3.8) is 0 Å². The van der Waals surface area contributed by atoms with Gasteiger partial charge in [0.2, 0.25) is 0 Å². The molecule has 1 unspecified atom stereocenters. The van der Waals surface area contributed by atoms with Gasteiger partial charge in [0, 0.05) is 0 Å². The number of rotatable bonds is 7. The zero-order chi connectivity index (χ0) is 12.9. The third kappa shape index (κ3) is 7.01. The molecule has 0 radical (unpaired) electrons. The topological polar surface area (TPSA) is 171 Å². The van der Waals surface area contributed by atoms with Crippen molar-refractivity contribution in [2.75, 3.05) is 6.61 Å². The van der Waals surface area contributed by atoms with Crippen LogP contribution in [0.1, 0.15) is 0 Å². The van der Waals surface area contributed by atoms with Gasteiger partial charge in [-0.15, -0.1) is 0 Å². The fourth-order valence-corrected chi connectivity index (χ4v) is 0.912. The quantitative estimate of drug-likeness (QED) is 0.165.